The largest absolute Gasteiger partial charge is 0.398 e. The van der Waals surface area contributed by atoms with Gasteiger partial charge in [0, 0.05) is 70.3 Å². The Bertz CT molecular complexity index is 7810. The van der Waals surface area contributed by atoms with Crippen LogP contribution in [0.4, 0.5) is 34.1 Å². The maximum absolute atomic E-state index is 6.31. The predicted molar refractivity (Wildman–Crippen MR) is 607 cm³/mol. The third kappa shape index (κ3) is 18.2. The summed E-state index contributed by atoms with van der Waals surface area (Å²) in [6, 6.07) is 150. The first kappa shape index (κ1) is 94.1. The zero-order valence-electron chi connectivity index (χ0n) is 78.0. The summed E-state index contributed by atoms with van der Waals surface area (Å²) in [5.74, 6) is 1.51. The van der Waals surface area contributed by atoms with Gasteiger partial charge in [-0.05, 0) is 276 Å². The van der Waals surface area contributed by atoms with E-state index in [-0.39, 0.29) is 41.0 Å². The second-order valence-electron chi connectivity index (χ2n) is 38.7. The van der Waals surface area contributed by atoms with Crippen molar-refractivity contribution in [2.24, 2.45) is 0 Å². The van der Waals surface area contributed by atoms with E-state index in [0.717, 1.165) is 33.0 Å². The van der Waals surface area contributed by atoms with Gasteiger partial charge in [-0.3, -0.25) is 0 Å². The van der Waals surface area contributed by atoms with Gasteiger partial charge in [0.1, 0.15) is 0 Å². The number of nitrogens with one attached hydrogen (secondary N) is 1. The molecule has 25 rings (SSSR count). The molecule has 0 spiro atoms. The van der Waals surface area contributed by atoms with Gasteiger partial charge in [0.15, 0.2) is 0 Å². The molecule has 5 aliphatic carbocycles. The lowest BCUT2D eigenvalue weighted by molar-refractivity contribution is 0.443. The summed E-state index contributed by atoms with van der Waals surface area (Å²) >= 11 is 7.02. The molecule has 0 amide bonds. The Kier molecular flexibility index (Phi) is 27.6. The summed E-state index contributed by atoms with van der Waals surface area (Å²) in [4.78, 5) is 2.52. The molecular formula is C131H122Br2N3P. The molecule has 0 heterocycles. The highest BCUT2D eigenvalue weighted by Crippen LogP contribution is 2.56. The lowest BCUT2D eigenvalue weighted by Crippen LogP contribution is -2.15. The van der Waals surface area contributed by atoms with Crippen LogP contribution in [0.3, 0.4) is 0 Å². The second kappa shape index (κ2) is 40.2. The molecule has 137 heavy (non-hydrogen) atoms. The van der Waals surface area contributed by atoms with E-state index in [4.69, 9.17) is 5.73 Å². The molecule has 2 saturated carbocycles. The average Bonchev–Trinajstić information content (AvgIpc) is 1.42. The molecule has 20 aromatic carbocycles. The second-order valence-corrected chi connectivity index (χ2v) is 40.5. The van der Waals surface area contributed by atoms with Crippen LogP contribution in [0, 0.1) is 0 Å². The average molecular weight is 1930 g/mol. The summed E-state index contributed by atoms with van der Waals surface area (Å²) in [7, 11) is 0. The Labute approximate surface area is 831 Å². The molecule has 0 aromatic heterocycles. The van der Waals surface area contributed by atoms with E-state index >= 15 is 0 Å². The number of halogens is 2. The van der Waals surface area contributed by atoms with Crippen molar-refractivity contribution >= 4 is 141 Å². The third-order valence-corrected chi connectivity index (χ3v) is 30.6. The van der Waals surface area contributed by atoms with E-state index in [9.17, 15) is 0 Å². The predicted octanol–water partition coefficient (Wildman–Crippen LogP) is 39.0. The molecule has 0 radical (unpaired) electrons. The molecule has 5 aliphatic rings. The minimum Gasteiger partial charge on any atom is -0.398 e. The van der Waals surface area contributed by atoms with E-state index in [2.05, 4.69) is 490 Å². The van der Waals surface area contributed by atoms with Crippen LogP contribution in [0.1, 0.15) is 177 Å². The Morgan fingerprint density at radius 3 is 1.06 bits per heavy atom. The number of nitrogens with zero attached hydrogens (tertiary/aromatic N) is 1. The molecule has 0 bridgehead atoms. The van der Waals surface area contributed by atoms with Crippen molar-refractivity contribution in [3.8, 4) is 66.8 Å². The number of benzene rings is 20. The van der Waals surface area contributed by atoms with E-state index in [1.165, 1.54) is 256 Å². The van der Waals surface area contributed by atoms with E-state index in [1.54, 1.807) is 0 Å². The van der Waals surface area contributed by atoms with Crippen LogP contribution in [0.25, 0.3) is 131 Å². The minimum absolute atomic E-state index is 0. The van der Waals surface area contributed by atoms with Gasteiger partial charge in [-0.15, -0.1) is 0 Å². The van der Waals surface area contributed by atoms with Crippen LogP contribution in [-0.4, -0.2) is 0 Å². The third-order valence-electron chi connectivity index (χ3n) is 29.6. The molecule has 0 saturated heterocycles. The molecule has 3 N–H and O–H groups in total. The first-order valence-electron chi connectivity index (χ1n) is 48.1. The SMILES string of the molecule is Brc1ccc(C2CCCCC2)cc1.C.C.CC1(C)c2ccccc2-c2cc(Br)ccc21.CC1(C)c2ccccc2-c2cc(N(c3ccc(C4CCCCC4)cc3)c3ccc4ccccc4c3-c3cccc4ccccc34)ccc21.CC1(C)c2ccccc2-c2cc(Nc3ccc4ccccc4c3-c3cccc4ccccc34)ccc21.Nc1ccc2ccccc2c1-c1cccc2ccccc12.P. The summed E-state index contributed by atoms with van der Waals surface area (Å²) < 4.78 is 2.34. The van der Waals surface area contributed by atoms with Crippen LogP contribution in [0.2, 0.25) is 0 Å². The van der Waals surface area contributed by atoms with Crippen molar-refractivity contribution in [1.29, 1.82) is 0 Å². The highest BCUT2D eigenvalue weighted by atomic mass is 79.9. The van der Waals surface area contributed by atoms with E-state index < -0.39 is 0 Å². The van der Waals surface area contributed by atoms with Gasteiger partial charge in [0.05, 0.1) is 5.69 Å². The molecule has 1 atom stereocenters. The molecule has 680 valence electrons. The number of rotatable bonds is 10. The molecule has 6 heteroatoms. The number of nitrogens with two attached hydrogens (primary N) is 1. The number of hydrogen-bond donors (Lipinski definition) is 2. The van der Waals surface area contributed by atoms with Gasteiger partial charge in [-0.1, -0.05) is 460 Å². The monoisotopic (exact) mass is 1930 g/mol. The Balaban J connectivity index is 0.000000123. The maximum Gasteiger partial charge on any atom is 0.0546 e. The molecule has 1 unspecified atom stereocenters. The van der Waals surface area contributed by atoms with Crippen molar-refractivity contribution < 1.29 is 0 Å². The maximum atomic E-state index is 6.31. The highest BCUT2D eigenvalue weighted by Gasteiger charge is 2.39. The normalized spacial score (nSPS) is 14.2. The Morgan fingerprint density at radius 1 is 0.263 bits per heavy atom. The number of anilines is 6. The van der Waals surface area contributed by atoms with Crippen molar-refractivity contribution in [1.82, 2.24) is 0 Å². The standard InChI is InChI=1S/C47H41N.C35H27N.C20H15N.C15H13Br.C12H15Br.2CH4.H3P/c1-47(2)43-22-11-10-20-40(43)42-31-37(28-29-44(42)47)48(36-26-23-33(24-27-36)32-13-4-3-5-14-32)45-30-25-35-16-7-9-19-39(35)46(45)41-21-12-17-34-15-6-8-18-38(34)41;1-35(2)31-17-8-7-15-28(31)30-22-25(19-20-32(30)35)36-33-21-18-24-11-4-6-14-27(24)34(33)29-16-9-12-23-10-3-5-13-26(23)29;21-19-13-12-15-7-2-4-10-17(15)20(19)18-11-5-8-14-6-1-3-9-16(14)18;1-15(2)13-6-4-3-5-11(13)12-9-10(16)7-8-14(12)15;13-12-8-6-11(7-9-12)10-4-2-1-3-5-10;;;/h6-12,15-32H,3-5,13-14H2,1-2H3;3-22,36H,1-2H3;1-13H,21H2;3-9H,1-2H3;6-10H,1-5H2;2*1H4;1H3. The van der Waals surface area contributed by atoms with Crippen LogP contribution < -0.4 is 16.0 Å². The summed E-state index contributed by atoms with van der Waals surface area (Å²) in [5.41, 5.74) is 40.0. The van der Waals surface area contributed by atoms with Crippen LogP contribution in [-0.2, 0) is 16.2 Å². The lowest BCUT2D eigenvalue weighted by atomic mass is 9.82. The number of fused-ring (bicyclic) bond motifs is 15. The molecule has 3 nitrogen and oxygen atoms in total. The van der Waals surface area contributed by atoms with Gasteiger partial charge in [-0.2, -0.15) is 9.90 Å². The summed E-state index contributed by atoms with van der Waals surface area (Å²) in [6.07, 6.45) is 13.7. The first-order valence-corrected chi connectivity index (χ1v) is 49.7. The topological polar surface area (TPSA) is 41.3 Å². The zero-order chi connectivity index (χ0) is 91.2. The lowest BCUT2D eigenvalue weighted by Gasteiger charge is -2.30. The number of nitrogen functional groups attached to an aromatic ring is 1. The van der Waals surface area contributed by atoms with Crippen molar-refractivity contribution in [3.05, 3.63) is 466 Å². The molecule has 0 aliphatic heterocycles. The number of hydrogen-bond acceptors (Lipinski definition) is 3. The fraction of sp³-hybridized carbons (Fsp3) is 0.176. The molecular weight excluding hydrogens is 1810 g/mol. The quantitative estimate of drug-likeness (QED) is 0.106. The smallest absolute Gasteiger partial charge is 0.0546 e. The Hall–Kier alpha value is -13.3. The van der Waals surface area contributed by atoms with Crippen LogP contribution >= 0.6 is 41.8 Å². The zero-order valence-corrected chi connectivity index (χ0v) is 82.6. The first-order chi connectivity index (χ1) is 65.5. The summed E-state index contributed by atoms with van der Waals surface area (Å²) in [5, 5.41) is 18.8. The highest BCUT2D eigenvalue weighted by molar-refractivity contribution is 9.10. The van der Waals surface area contributed by atoms with Gasteiger partial charge in [0.2, 0.25) is 0 Å². The van der Waals surface area contributed by atoms with Crippen LogP contribution in [0.5, 0.6) is 0 Å². The van der Waals surface area contributed by atoms with Crippen molar-refractivity contribution in [2.45, 2.75) is 149 Å². The molecule has 2 fully saturated rings. The van der Waals surface area contributed by atoms with Gasteiger partial charge < -0.3 is 16.0 Å². The van der Waals surface area contributed by atoms with Gasteiger partial charge >= 0.3 is 0 Å². The van der Waals surface area contributed by atoms with Crippen molar-refractivity contribution in [3.63, 3.8) is 0 Å². The fourth-order valence-corrected chi connectivity index (χ4v) is 23.4. The molecule has 20 aromatic rings. The van der Waals surface area contributed by atoms with Gasteiger partial charge in [0.25, 0.3) is 0 Å². The van der Waals surface area contributed by atoms with Gasteiger partial charge in [-0.25, -0.2) is 0 Å². The van der Waals surface area contributed by atoms with E-state index in [1.807, 2.05) is 6.07 Å². The van der Waals surface area contributed by atoms with Crippen molar-refractivity contribution in [2.75, 3.05) is 16.0 Å². The van der Waals surface area contributed by atoms with Crippen LogP contribution in [0.15, 0.2) is 421 Å². The minimum atomic E-state index is -0.0337. The Morgan fingerprint density at radius 2 is 0.584 bits per heavy atom. The summed E-state index contributed by atoms with van der Waals surface area (Å²) in [6.45, 7) is 14.0. The van der Waals surface area contributed by atoms with E-state index in [0.29, 0.717) is 5.92 Å². The fourth-order valence-electron chi connectivity index (χ4n) is 22.7.